The lowest BCUT2D eigenvalue weighted by molar-refractivity contribution is 0.0994. The fourth-order valence-corrected chi connectivity index (χ4v) is 2.59. The topological polar surface area (TPSA) is 73.6 Å². The van der Waals surface area contributed by atoms with Gasteiger partial charge < -0.3 is 19.2 Å². The summed E-state index contributed by atoms with van der Waals surface area (Å²) in [7, 11) is 3.22. The molecule has 0 saturated carbocycles. The molecule has 0 saturated heterocycles. The zero-order valence-electron chi connectivity index (χ0n) is 14.9. The number of nitrogens with one attached hydrogen (secondary N) is 1. The lowest BCUT2D eigenvalue weighted by atomic mass is 10.1. The highest BCUT2D eigenvalue weighted by Gasteiger charge is 2.15. The number of hydrogen-bond donors (Lipinski definition) is 1. The van der Waals surface area contributed by atoms with E-state index in [0.29, 0.717) is 18.0 Å². The van der Waals surface area contributed by atoms with Gasteiger partial charge in [-0.2, -0.15) is 0 Å². The predicted molar refractivity (Wildman–Crippen MR) is 98.0 cm³/mol. The number of furan rings is 1. The van der Waals surface area contributed by atoms with Crippen LogP contribution in [0.25, 0.3) is 0 Å². The Kier molecular flexibility index (Phi) is 5.22. The van der Waals surface area contributed by atoms with Crippen LogP contribution in [0, 0.1) is 6.92 Å². The summed E-state index contributed by atoms with van der Waals surface area (Å²) in [6.07, 6.45) is 2.11. The van der Waals surface area contributed by atoms with E-state index in [2.05, 4.69) is 10.3 Å². The fraction of sp³-hybridized carbons (Fsp3) is 0.200. The van der Waals surface area contributed by atoms with Crippen molar-refractivity contribution < 1.29 is 18.7 Å². The van der Waals surface area contributed by atoms with Gasteiger partial charge in [-0.3, -0.25) is 4.79 Å². The van der Waals surface area contributed by atoms with Gasteiger partial charge in [-0.1, -0.05) is 6.07 Å². The minimum atomic E-state index is -0.337. The van der Waals surface area contributed by atoms with Gasteiger partial charge in [0.1, 0.15) is 23.1 Å². The van der Waals surface area contributed by atoms with Crippen LogP contribution in [0.3, 0.4) is 0 Å². The molecular weight excluding hydrogens is 332 g/mol. The number of rotatable bonds is 6. The van der Waals surface area contributed by atoms with E-state index >= 15 is 0 Å². The van der Waals surface area contributed by atoms with Crippen LogP contribution < -0.4 is 14.8 Å². The number of hydrogen-bond acceptors (Lipinski definition) is 5. The van der Waals surface area contributed by atoms with E-state index in [1.54, 1.807) is 32.5 Å². The molecule has 0 spiro atoms. The third-order valence-electron chi connectivity index (χ3n) is 3.98. The molecule has 0 aliphatic heterocycles. The molecule has 1 amide bonds. The Morgan fingerprint density at radius 1 is 1.15 bits per heavy atom. The molecule has 0 atom stereocenters. The molecule has 0 aliphatic carbocycles. The number of aromatic nitrogens is 1. The highest BCUT2D eigenvalue weighted by molar-refractivity contribution is 6.02. The maximum atomic E-state index is 12.4. The van der Waals surface area contributed by atoms with Crippen molar-refractivity contribution in [3.05, 3.63) is 71.3 Å². The summed E-state index contributed by atoms with van der Waals surface area (Å²) >= 11 is 0. The van der Waals surface area contributed by atoms with Crippen molar-refractivity contribution in [2.24, 2.45) is 0 Å². The first-order valence-corrected chi connectivity index (χ1v) is 8.13. The largest absolute Gasteiger partial charge is 0.497 e. The van der Waals surface area contributed by atoms with Crippen molar-refractivity contribution in [2.75, 3.05) is 19.5 Å². The van der Waals surface area contributed by atoms with Gasteiger partial charge in [0.2, 0.25) is 0 Å². The highest BCUT2D eigenvalue weighted by atomic mass is 16.5. The second-order valence-electron chi connectivity index (χ2n) is 5.74. The van der Waals surface area contributed by atoms with E-state index in [9.17, 15) is 4.79 Å². The number of methoxy groups -OCH3 is 2. The van der Waals surface area contributed by atoms with E-state index in [1.807, 2.05) is 37.3 Å². The van der Waals surface area contributed by atoms with Crippen LogP contribution in [0.1, 0.15) is 27.4 Å². The molecule has 1 aromatic carbocycles. The predicted octanol–water partition coefficient (Wildman–Crippen LogP) is 3.84. The van der Waals surface area contributed by atoms with Crippen LogP contribution in [0.5, 0.6) is 11.5 Å². The molecule has 2 aromatic heterocycles. The van der Waals surface area contributed by atoms with E-state index < -0.39 is 0 Å². The summed E-state index contributed by atoms with van der Waals surface area (Å²) in [6, 6.07) is 12.7. The first-order valence-electron chi connectivity index (χ1n) is 8.13. The first-order chi connectivity index (χ1) is 12.6. The van der Waals surface area contributed by atoms with E-state index in [0.717, 1.165) is 22.6 Å². The summed E-state index contributed by atoms with van der Waals surface area (Å²) in [4.78, 5) is 16.5. The molecule has 0 bridgehead atoms. The van der Waals surface area contributed by atoms with Gasteiger partial charge in [0.05, 0.1) is 14.2 Å². The number of aryl methyl sites for hydroxylation is 1. The smallest absolute Gasteiger partial charge is 0.292 e. The summed E-state index contributed by atoms with van der Waals surface area (Å²) in [5, 5.41) is 2.76. The fourth-order valence-electron chi connectivity index (χ4n) is 2.59. The number of amides is 1. The summed E-state index contributed by atoms with van der Waals surface area (Å²) in [6.45, 7) is 1.88. The Morgan fingerprint density at radius 3 is 2.73 bits per heavy atom. The van der Waals surface area contributed by atoms with Crippen molar-refractivity contribution in [3.63, 3.8) is 0 Å². The van der Waals surface area contributed by atoms with Crippen LogP contribution in [0.2, 0.25) is 0 Å². The SMILES string of the molecule is COc1ccc(OC)c(Cc2ccc(C(=O)Nc3ncccc3C)o2)c1. The Labute approximate surface area is 151 Å². The van der Waals surface area contributed by atoms with Gasteiger partial charge in [0.15, 0.2) is 5.76 Å². The standard InChI is InChI=1S/C20H20N2O4/c1-13-5-4-10-21-19(13)22-20(23)18-9-7-16(26-18)12-14-11-15(24-2)6-8-17(14)25-3/h4-11H,12H2,1-3H3,(H,21,22,23). The highest BCUT2D eigenvalue weighted by Crippen LogP contribution is 2.27. The molecule has 26 heavy (non-hydrogen) atoms. The normalized spacial score (nSPS) is 10.4. The van der Waals surface area contributed by atoms with Crippen molar-refractivity contribution >= 4 is 11.7 Å². The Morgan fingerprint density at radius 2 is 2.00 bits per heavy atom. The Balaban J connectivity index is 1.76. The van der Waals surface area contributed by atoms with Gasteiger partial charge in [-0.25, -0.2) is 4.98 Å². The molecule has 0 unspecified atom stereocenters. The molecular formula is C20H20N2O4. The maximum Gasteiger partial charge on any atom is 0.292 e. The number of benzene rings is 1. The molecule has 2 heterocycles. The average molecular weight is 352 g/mol. The van der Waals surface area contributed by atoms with Crippen molar-refractivity contribution in [2.45, 2.75) is 13.3 Å². The number of anilines is 1. The van der Waals surface area contributed by atoms with Crippen LogP contribution in [0.4, 0.5) is 5.82 Å². The minimum Gasteiger partial charge on any atom is -0.497 e. The molecule has 134 valence electrons. The lowest BCUT2D eigenvalue weighted by Crippen LogP contribution is -2.13. The summed E-state index contributed by atoms with van der Waals surface area (Å²) in [5.41, 5.74) is 1.79. The Bertz CT molecular complexity index is 918. The number of carbonyl (C=O) groups excluding carboxylic acids is 1. The average Bonchev–Trinajstić information content (AvgIpc) is 3.12. The van der Waals surface area contributed by atoms with E-state index in [-0.39, 0.29) is 11.7 Å². The van der Waals surface area contributed by atoms with Crippen LogP contribution in [-0.4, -0.2) is 25.1 Å². The van der Waals surface area contributed by atoms with E-state index in [4.69, 9.17) is 13.9 Å². The molecule has 1 N–H and O–H groups in total. The maximum absolute atomic E-state index is 12.4. The third-order valence-corrected chi connectivity index (χ3v) is 3.98. The van der Waals surface area contributed by atoms with Crippen LogP contribution in [-0.2, 0) is 6.42 Å². The summed E-state index contributed by atoms with van der Waals surface area (Å²) in [5.74, 6) is 2.53. The number of ether oxygens (including phenoxy) is 2. The Hall–Kier alpha value is -3.28. The zero-order chi connectivity index (χ0) is 18.5. The first kappa shape index (κ1) is 17.5. The van der Waals surface area contributed by atoms with Gasteiger partial charge in [-0.15, -0.1) is 0 Å². The molecule has 3 aromatic rings. The van der Waals surface area contributed by atoms with Gasteiger partial charge in [0, 0.05) is 18.2 Å². The summed E-state index contributed by atoms with van der Waals surface area (Å²) < 4.78 is 16.3. The van der Waals surface area contributed by atoms with Crippen molar-refractivity contribution in [1.29, 1.82) is 0 Å². The van der Waals surface area contributed by atoms with Gasteiger partial charge in [-0.05, 0) is 48.9 Å². The number of nitrogens with zero attached hydrogens (tertiary/aromatic N) is 1. The lowest BCUT2D eigenvalue weighted by Gasteiger charge is -2.09. The van der Waals surface area contributed by atoms with Crippen molar-refractivity contribution in [1.82, 2.24) is 4.98 Å². The van der Waals surface area contributed by atoms with Crippen molar-refractivity contribution in [3.8, 4) is 11.5 Å². The molecule has 6 heteroatoms. The van der Waals surface area contributed by atoms with Crippen LogP contribution >= 0.6 is 0 Å². The molecule has 3 rings (SSSR count). The quantitative estimate of drug-likeness (QED) is 0.729. The molecule has 0 fully saturated rings. The molecule has 0 radical (unpaired) electrons. The van der Waals surface area contributed by atoms with E-state index in [1.165, 1.54) is 0 Å². The van der Waals surface area contributed by atoms with Crippen LogP contribution in [0.15, 0.2) is 53.1 Å². The molecule has 0 aliphatic rings. The molecule has 6 nitrogen and oxygen atoms in total. The zero-order valence-corrected chi connectivity index (χ0v) is 14.9. The monoisotopic (exact) mass is 352 g/mol. The third kappa shape index (κ3) is 3.85. The number of carbonyl (C=O) groups is 1. The van der Waals surface area contributed by atoms with Gasteiger partial charge >= 0.3 is 0 Å². The van der Waals surface area contributed by atoms with Gasteiger partial charge in [0.25, 0.3) is 5.91 Å². The minimum absolute atomic E-state index is 0.229. The second kappa shape index (κ2) is 7.74. The second-order valence-corrected chi connectivity index (χ2v) is 5.74. The number of pyridine rings is 1.